The van der Waals surface area contributed by atoms with E-state index in [1.807, 2.05) is 12.2 Å². The van der Waals surface area contributed by atoms with E-state index in [0.717, 1.165) is 19.5 Å². The molecule has 17 heavy (non-hydrogen) atoms. The summed E-state index contributed by atoms with van der Waals surface area (Å²) in [5.74, 6) is -0.750. The first-order valence-corrected chi connectivity index (χ1v) is 5.44. The Hall–Kier alpha value is -0.840. The molecule has 0 saturated heterocycles. The Kier molecular flexibility index (Phi) is 14.4. The minimum absolute atomic E-state index is 0. The van der Waals surface area contributed by atoms with Gasteiger partial charge in [0.2, 0.25) is 0 Å². The van der Waals surface area contributed by atoms with E-state index in [0.29, 0.717) is 19.8 Å². The van der Waals surface area contributed by atoms with E-state index < -0.39 is 5.97 Å². The highest BCUT2D eigenvalue weighted by molar-refractivity contribution is 5.85. The topological polar surface area (TPSA) is 49.8 Å². The first-order valence-electron chi connectivity index (χ1n) is 5.44. The summed E-state index contributed by atoms with van der Waals surface area (Å²) in [5.41, 5.74) is 0. The van der Waals surface area contributed by atoms with Gasteiger partial charge in [0.05, 0.1) is 6.73 Å². The molecule has 0 aliphatic heterocycles. The lowest BCUT2D eigenvalue weighted by Crippen LogP contribution is -2.27. The summed E-state index contributed by atoms with van der Waals surface area (Å²) in [6.45, 7) is 9.98. The molecule has 0 rings (SSSR count). The van der Waals surface area contributed by atoms with Gasteiger partial charge in [-0.2, -0.15) is 0 Å². The molecule has 0 spiro atoms. The van der Waals surface area contributed by atoms with Gasteiger partial charge in [0.15, 0.2) is 0 Å². The van der Waals surface area contributed by atoms with Crippen LogP contribution in [0.25, 0.3) is 0 Å². The van der Waals surface area contributed by atoms with Gasteiger partial charge in [0, 0.05) is 26.1 Å². The summed E-state index contributed by atoms with van der Waals surface area (Å²) in [7, 11) is 0. The fourth-order valence-corrected chi connectivity index (χ4v) is 1.22. The minimum Gasteiger partial charge on any atom is -0.481 e. The molecule has 0 atom stereocenters. The lowest BCUT2D eigenvalue weighted by Gasteiger charge is -2.18. The van der Waals surface area contributed by atoms with Crippen molar-refractivity contribution in [2.45, 2.75) is 19.3 Å². The Morgan fingerprint density at radius 1 is 1.24 bits per heavy atom. The van der Waals surface area contributed by atoms with Crippen molar-refractivity contribution in [3.05, 3.63) is 25.3 Å². The average Bonchev–Trinajstić information content (AvgIpc) is 2.23. The first kappa shape index (κ1) is 18.5. The van der Waals surface area contributed by atoms with Crippen LogP contribution in [-0.2, 0) is 9.53 Å². The molecule has 0 bridgehead atoms. The zero-order valence-corrected chi connectivity index (χ0v) is 11.0. The van der Waals surface area contributed by atoms with Crippen LogP contribution in [0.1, 0.15) is 19.3 Å². The third-order valence-electron chi connectivity index (χ3n) is 1.98. The number of carbonyl (C=O) groups is 1. The van der Waals surface area contributed by atoms with Gasteiger partial charge in [-0.1, -0.05) is 12.2 Å². The van der Waals surface area contributed by atoms with Crippen molar-refractivity contribution in [2.75, 3.05) is 26.4 Å². The molecule has 0 radical (unpaired) electrons. The predicted molar refractivity (Wildman–Crippen MR) is 71.5 cm³/mol. The summed E-state index contributed by atoms with van der Waals surface area (Å²) in [5, 5.41) is 8.43. The third-order valence-corrected chi connectivity index (χ3v) is 1.98. The van der Waals surface area contributed by atoms with Crippen molar-refractivity contribution in [2.24, 2.45) is 0 Å². The predicted octanol–water partition coefficient (Wildman–Crippen LogP) is 2.31. The second-order valence-corrected chi connectivity index (χ2v) is 3.50. The van der Waals surface area contributed by atoms with E-state index in [1.165, 1.54) is 0 Å². The van der Waals surface area contributed by atoms with Crippen LogP contribution in [0.2, 0.25) is 0 Å². The molecule has 0 aliphatic rings. The fourth-order valence-electron chi connectivity index (χ4n) is 1.22. The Bertz CT molecular complexity index is 212. The minimum atomic E-state index is -0.750. The van der Waals surface area contributed by atoms with E-state index in [-0.39, 0.29) is 18.8 Å². The second-order valence-electron chi connectivity index (χ2n) is 3.50. The number of nitrogens with zero attached hydrogens (tertiary/aromatic N) is 1. The van der Waals surface area contributed by atoms with Crippen molar-refractivity contribution >= 4 is 18.4 Å². The summed E-state index contributed by atoms with van der Waals surface area (Å²) >= 11 is 0. The number of unbranched alkanes of at least 4 members (excludes halogenated alkanes) is 1. The number of carboxylic acid groups (broad SMARTS) is 1. The van der Waals surface area contributed by atoms with Crippen LogP contribution in [0.5, 0.6) is 0 Å². The average molecular weight is 264 g/mol. The SMILES string of the molecule is C=CCN(CC=C)COCCCCC(=O)O.Cl. The van der Waals surface area contributed by atoms with Crippen molar-refractivity contribution in [1.29, 1.82) is 0 Å². The monoisotopic (exact) mass is 263 g/mol. The van der Waals surface area contributed by atoms with Crippen LogP contribution >= 0.6 is 12.4 Å². The van der Waals surface area contributed by atoms with E-state index in [9.17, 15) is 4.79 Å². The summed E-state index contributed by atoms with van der Waals surface area (Å²) in [4.78, 5) is 12.3. The molecular weight excluding hydrogens is 242 g/mol. The molecule has 0 aromatic heterocycles. The van der Waals surface area contributed by atoms with Crippen molar-refractivity contribution in [3.8, 4) is 0 Å². The van der Waals surface area contributed by atoms with Gasteiger partial charge in [-0.25, -0.2) is 0 Å². The highest BCUT2D eigenvalue weighted by atomic mass is 35.5. The van der Waals surface area contributed by atoms with E-state index in [1.54, 1.807) is 0 Å². The van der Waals surface area contributed by atoms with E-state index >= 15 is 0 Å². The van der Waals surface area contributed by atoms with Gasteiger partial charge in [-0.15, -0.1) is 25.6 Å². The zero-order chi connectivity index (χ0) is 12.2. The lowest BCUT2D eigenvalue weighted by atomic mass is 10.2. The standard InChI is InChI=1S/C12H21NO3.ClH/c1-3-8-13(9-4-2)11-16-10-6-5-7-12(14)15;/h3-4H,1-2,5-11H2,(H,14,15);1H. The van der Waals surface area contributed by atoms with Crippen molar-refractivity contribution in [3.63, 3.8) is 0 Å². The van der Waals surface area contributed by atoms with Crippen molar-refractivity contribution < 1.29 is 14.6 Å². The molecule has 0 heterocycles. The molecule has 0 aromatic rings. The van der Waals surface area contributed by atoms with Crippen LogP contribution in [0.4, 0.5) is 0 Å². The number of hydrogen-bond acceptors (Lipinski definition) is 3. The van der Waals surface area contributed by atoms with Gasteiger partial charge in [0.1, 0.15) is 0 Å². The summed E-state index contributed by atoms with van der Waals surface area (Å²) in [6, 6.07) is 0. The Balaban J connectivity index is 0. The molecule has 100 valence electrons. The van der Waals surface area contributed by atoms with Crippen LogP contribution in [0.15, 0.2) is 25.3 Å². The number of carboxylic acids is 1. The lowest BCUT2D eigenvalue weighted by molar-refractivity contribution is -0.137. The molecule has 0 aliphatic carbocycles. The maximum absolute atomic E-state index is 10.2. The Labute approximate surface area is 109 Å². The van der Waals surface area contributed by atoms with Gasteiger partial charge in [0.25, 0.3) is 0 Å². The molecule has 1 N–H and O–H groups in total. The molecular formula is C12H22ClNO3. The van der Waals surface area contributed by atoms with Gasteiger partial charge in [-0.3, -0.25) is 9.69 Å². The zero-order valence-electron chi connectivity index (χ0n) is 10.1. The molecule has 0 amide bonds. The highest BCUT2D eigenvalue weighted by Crippen LogP contribution is 1.97. The molecule has 0 aromatic carbocycles. The van der Waals surface area contributed by atoms with Crippen LogP contribution in [0.3, 0.4) is 0 Å². The largest absolute Gasteiger partial charge is 0.481 e. The van der Waals surface area contributed by atoms with Crippen LogP contribution in [-0.4, -0.2) is 42.4 Å². The Morgan fingerprint density at radius 2 is 1.82 bits per heavy atom. The number of ether oxygens (including phenoxy) is 1. The highest BCUT2D eigenvalue weighted by Gasteiger charge is 2.00. The number of rotatable bonds is 11. The number of aliphatic carboxylic acids is 1. The van der Waals surface area contributed by atoms with Gasteiger partial charge in [-0.05, 0) is 12.8 Å². The van der Waals surface area contributed by atoms with Crippen LogP contribution in [0, 0.1) is 0 Å². The quantitative estimate of drug-likeness (QED) is 0.353. The smallest absolute Gasteiger partial charge is 0.303 e. The number of halogens is 1. The third kappa shape index (κ3) is 13.1. The Morgan fingerprint density at radius 3 is 2.29 bits per heavy atom. The molecule has 0 saturated carbocycles. The maximum Gasteiger partial charge on any atom is 0.303 e. The molecule has 0 unspecified atom stereocenters. The van der Waals surface area contributed by atoms with Crippen molar-refractivity contribution in [1.82, 2.24) is 4.90 Å². The van der Waals surface area contributed by atoms with Crippen LogP contribution < -0.4 is 0 Å². The normalized spacial score (nSPS) is 9.71. The molecule has 4 nitrogen and oxygen atoms in total. The maximum atomic E-state index is 10.2. The summed E-state index contributed by atoms with van der Waals surface area (Å²) < 4.78 is 5.42. The van der Waals surface area contributed by atoms with Gasteiger partial charge < -0.3 is 9.84 Å². The van der Waals surface area contributed by atoms with Gasteiger partial charge >= 0.3 is 5.97 Å². The fraction of sp³-hybridized carbons (Fsp3) is 0.583. The summed E-state index contributed by atoms with van der Waals surface area (Å²) in [6.07, 6.45) is 5.29. The molecule has 5 heteroatoms. The number of hydrogen-bond donors (Lipinski definition) is 1. The van der Waals surface area contributed by atoms with E-state index in [4.69, 9.17) is 9.84 Å². The second kappa shape index (κ2) is 13.2. The van der Waals surface area contributed by atoms with E-state index in [2.05, 4.69) is 18.1 Å². The first-order chi connectivity index (χ1) is 7.70. The molecule has 0 fully saturated rings.